The molecule has 2 amide bonds. The zero-order chi connectivity index (χ0) is 29.7. The number of hydrogen-bond donors (Lipinski definition) is 1. The maximum atomic E-state index is 14.0. The fraction of sp³-hybridized carbons (Fsp3) is 0.310. The van der Waals surface area contributed by atoms with Crippen molar-refractivity contribution in [2.45, 2.75) is 56.1 Å². The minimum Gasteiger partial charge on any atom is -0.352 e. The van der Waals surface area contributed by atoms with E-state index in [4.69, 9.17) is 34.8 Å². The molecule has 0 radical (unpaired) electrons. The van der Waals surface area contributed by atoms with Crippen LogP contribution in [-0.2, 0) is 26.2 Å². The van der Waals surface area contributed by atoms with Crippen molar-refractivity contribution in [2.75, 3.05) is 10.8 Å². The topological polar surface area (TPSA) is 86.8 Å². The molecule has 7 nitrogen and oxygen atoms in total. The van der Waals surface area contributed by atoms with Gasteiger partial charge >= 0.3 is 0 Å². The molecule has 0 saturated heterocycles. The van der Waals surface area contributed by atoms with E-state index in [-0.39, 0.29) is 39.1 Å². The van der Waals surface area contributed by atoms with Crippen molar-refractivity contribution >= 4 is 62.3 Å². The number of nitrogens with zero attached hydrogens (tertiary/aromatic N) is 2. The van der Waals surface area contributed by atoms with Crippen molar-refractivity contribution in [3.8, 4) is 0 Å². The Kier molecular flexibility index (Phi) is 10.2. The number of rotatable bonds is 10. The molecular weight excluding hydrogens is 612 g/mol. The van der Waals surface area contributed by atoms with Gasteiger partial charge in [0.1, 0.15) is 18.4 Å². The number of carbonyl (C=O) groups excluding carboxylic acids is 2. The summed E-state index contributed by atoms with van der Waals surface area (Å²) in [4.78, 5) is 28.5. The van der Waals surface area contributed by atoms with Gasteiger partial charge in [0.2, 0.25) is 11.8 Å². The van der Waals surface area contributed by atoms with Crippen molar-refractivity contribution in [3.63, 3.8) is 0 Å². The molecule has 3 aromatic carbocycles. The Hall–Kier alpha value is -2.85. The van der Waals surface area contributed by atoms with Gasteiger partial charge in [-0.3, -0.25) is 13.9 Å². The standard InChI is InChI=1S/C29H29Cl3FN3O4S/c1-19(29(38)34-21-7-5-6-8-21)35(17-20-11-13-24(30)25(31)15-20)28(37)18-36(22-12-14-27(33)26(32)16-22)41(39,40)23-9-3-2-4-10-23/h2-4,9-16,19,21H,5-8,17-18H2,1H3,(H,34,38)/t19-/m1/s1. The number of amides is 2. The first-order valence-corrected chi connectivity index (χ1v) is 15.6. The lowest BCUT2D eigenvalue weighted by Gasteiger charge is -2.32. The van der Waals surface area contributed by atoms with E-state index in [2.05, 4.69) is 5.32 Å². The molecule has 0 aliphatic heterocycles. The Morgan fingerprint density at radius 1 is 0.951 bits per heavy atom. The van der Waals surface area contributed by atoms with E-state index < -0.39 is 34.3 Å². The Morgan fingerprint density at radius 2 is 1.63 bits per heavy atom. The second-order valence-electron chi connectivity index (χ2n) is 9.86. The maximum absolute atomic E-state index is 14.0. The van der Waals surface area contributed by atoms with Crippen LogP contribution in [0.5, 0.6) is 0 Å². The predicted octanol–water partition coefficient (Wildman–Crippen LogP) is 6.46. The van der Waals surface area contributed by atoms with Crippen molar-refractivity contribution < 1.29 is 22.4 Å². The lowest BCUT2D eigenvalue weighted by atomic mass is 10.1. The van der Waals surface area contributed by atoms with Crippen molar-refractivity contribution in [1.29, 1.82) is 0 Å². The molecule has 218 valence electrons. The first-order chi connectivity index (χ1) is 19.5. The lowest BCUT2D eigenvalue weighted by molar-refractivity contribution is -0.139. The Morgan fingerprint density at radius 3 is 2.27 bits per heavy atom. The summed E-state index contributed by atoms with van der Waals surface area (Å²) in [6.07, 6.45) is 3.73. The van der Waals surface area contributed by atoms with Crippen LogP contribution in [0, 0.1) is 5.82 Å². The number of hydrogen-bond acceptors (Lipinski definition) is 4. The third-order valence-electron chi connectivity index (χ3n) is 7.01. The Bertz CT molecular complexity index is 1520. The SMILES string of the molecule is C[C@H](C(=O)NC1CCCC1)N(Cc1ccc(Cl)c(Cl)c1)C(=O)CN(c1ccc(F)c(Cl)c1)S(=O)(=O)c1ccccc1. The number of sulfonamides is 1. The van der Waals surface area contributed by atoms with Gasteiger partial charge in [-0.1, -0.05) is 71.9 Å². The van der Waals surface area contributed by atoms with E-state index in [1.807, 2.05) is 0 Å². The van der Waals surface area contributed by atoms with Gasteiger partial charge in [-0.05, 0) is 67.8 Å². The highest BCUT2D eigenvalue weighted by Gasteiger charge is 2.33. The van der Waals surface area contributed by atoms with Crippen LogP contribution in [0.4, 0.5) is 10.1 Å². The first-order valence-electron chi connectivity index (χ1n) is 13.0. The van der Waals surface area contributed by atoms with Gasteiger partial charge in [0.15, 0.2) is 0 Å². The minimum atomic E-state index is -4.30. The second-order valence-corrected chi connectivity index (χ2v) is 12.9. The highest BCUT2D eigenvalue weighted by atomic mass is 35.5. The number of halogens is 4. The maximum Gasteiger partial charge on any atom is 0.264 e. The molecule has 1 aliphatic rings. The quantitative estimate of drug-likeness (QED) is 0.276. The number of anilines is 1. The van der Waals surface area contributed by atoms with Gasteiger partial charge in [0.25, 0.3) is 10.0 Å². The van der Waals surface area contributed by atoms with Crippen LogP contribution < -0.4 is 9.62 Å². The molecule has 41 heavy (non-hydrogen) atoms. The van der Waals surface area contributed by atoms with E-state index in [0.29, 0.717) is 10.6 Å². The van der Waals surface area contributed by atoms with Crippen LogP contribution in [0.2, 0.25) is 15.1 Å². The van der Waals surface area contributed by atoms with Crippen LogP contribution in [0.15, 0.2) is 71.6 Å². The summed E-state index contributed by atoms with van der Waals surface area (Å²) in [7, 11) is -4.30. The van der Waals surface area contributed by atoms with E-state index in [1.54, 1.807) is 43.3 Å². The molecule has 0 aromatic heterocycles. The van der Waals surface area contributed by atoms with Gasteiger partial charge in [-0.25, -0.2) is 12.8 Å². The van der Waals surface area contributed by atoms with Crippen LogP contribution in [-0.4, -0.2) is 43.8 Å². The summed E-state index contributed by atoms with van der Waals surface area (Å²) >= 11 is 18.3. The molecular formula is C29H29Cl3FN3O4S. The van der Waals surface area contributed by atoms with Crippen LogP contribution >= 0.6 is 34.8 Å². The second kappa shape index (κ2) is 13.4. The molecule has 0 spiro atoms. The fourth-order valence-corrected chi connectivity index (χ4v) is 6.62. The average molecular weight is 641 g/mol. The summed E-state index contributed by atoms with van der Waals surface area (Å²) in [5, 5.41) is 3.30. The van der Waals surface area contributed by atoms with E-state index in [0.717, 1.165) is 42.1 Å². The molecule has 0 heterocycles. The third kappa shape index (κ3) is 7.52. The monoisotopic (exact) mass is 639 g/mol. The van der Waals surface area contributed by atoms with Crippen molar-refractivity contribution in [3.05, 3.63) is 93.2 Å². The van der Waals surface area contributed by atoms with E-state index in [1.165, 1.54) is 23.1 Å². The molecule has 4 rings (SSSR count). The summed E-state index contributed by atoms with van der Waals surface area (Å²) < 4.78 is 42.4. The number of benzene rings is 3. The van der Waals surface area contributed by atoms with Crippen LogP contribution in [0.3, 0.4) is 0 Å². The Labute approximate surface area is 254 Å². The van der Waals surface area contributed by atoms with E-state index in [9.17, 15) is 22.4 Å². The van der Waals surface area contributed by atoms with Gasteiger partial charge in [0, 0.05) is 12.6 Å². The van der Waals surface area contributed by atoms with E-state index >= 15 is 0 Å². The number of nitrogens with one attached hydrogen (secondary N) is 1. The normalized spacial score (nSPS) is 14.5. The van der Waals surface area contributed by atoms with Gasteiger partial charge in [-0.15, -0.1) is 0 Å². The van der Waals surface area contributed by atoms with Crippen molar-refractivity contribution in [2.24, 2.45) is 0 Å². The largest absolute Gasteiger partial charge is 0.352 e. The number of carbonyl (C=O) groups is 2. The highest BCUT2D eigenvalue weighted by molar-refractivity contribution is 7.92. The summed E-state index contributed by atoms with van der Waals surface area (Å²) in [5.74, 6) is -1.75. The zero-order valence-electron chi connectivity index (χ0n) is 22.2. The molecule has 1 fully saturated rings. The molecule has 1 N–H and O–H groups in total. The molecule has 3 aromatic rings. The molecule has 0 unspecified atom stereocenters. The highest BCUT2D eigenvalue weighted by Crippen LogP contribution is 2.29. The fourth-order valence-electron chi connectivity index (χ4n) is 4.70. The molecule has 1 atom stereocenters. The minimum absolute atomic E-state index is 0.00819. The first kappa shape index (κ1) is 31.1. The lowest BCUT2D eigenvalue weighted by Crippen LogP contribution is -2.52. The summed E-state index contributed by atoms with van der Waals surface area (Å²) in [5.41, 5.74) is 0.585. The molecule has 12 heteroatoms. The zero-order valence-corrected chi connectivity index (χ0v) is 25.3. The molecule has 0 bridgehead atoms. The third-order valence-corrected chi connectivity index (χ3v) is 9.82. The van der Waals surface area contributed by atoms with Gasteiger partial charge < -0.3 is 10.2 Å². The molecule has 1 aliphatic carbocycles. The summed E-state index contributed by atoms with van der Waals surface area (Å²) in [6, 6.07) is 14.9. The van der Waals surface area contributed by atoms with Crippen LogP contribution in [0.1, 0.15) is 38.2 Å². The molecule has 1 saturated carbocycles. The summed E-state index contributed by atoms with van der Waals surface area (Å²) in [6.45, 7) is 0.866. The average Bonchev–Trinajstić information content (AvgIpc) is 3.46. The smallest absolute Gasteiger partial charge is 0.264 e. The van der Waals surface area contributed by atoms with Gasteiger partial charge in [-0.2, -0.15) is 0 Å². The van der Waals surface area contributed by atoms with Gasteiger partial charge in [0.05, 0.1) is 25.7 Å². The van der Waals surface area contributed by atoms with Crippen molar-refractivity contribution in [1.82, 2.24) is 10.2 Å². The van der Waals surface area contributed by atoms with Crippen LogP contribution in [0.25, 0.3) is 0 Å². The Balaban J connectivity index is 1.70. The predicted molar refractivity (Wildman–Crippen MR) is 159 cm³/mol.